The minimum Gasteiger partial charge on any atom is -0.281 e. The second-order valence-corrected chi connectivity index (χ2v) is 2.34. The number of nitro groups is 3. The quantitative estimate of drug-likeness (QED) is 0.245. The fourth-order valence-corrected chi connectivity index (χ4v) is 0.674. The van der Waals surface area contributed by atoms with Crippen LogP contribution in [0.5, 0.6) is 0 Å². The Morgan fingerprint density at radius 2 is 1.00 bits per heavy atom. The molecule has 0 unspecified atom stereocenters. The molecule has 0 fully saturated rings. The molecule has 0 heterocycles. The maximum Gasteiger partial charge on any atom is 0.745 e. The Hall–Kier alpha value is -1.92. The third-order valence-electron chi connectivity index (χ3n) is 1.34. The number of nitrogens with zero attached hydrogens (tertiary/aromatic N) is 3. The van der Waals surface area contributed by atoms with Crippen LogP contribution in [-0.2, 0) is 0 Å². The van der Waals surface area contributed by atoms with Crippen molar-refractivity contribution in [1.82, 2.24) is 0 Å². The van der Waals surface area contributed by atoms with Gasteiger partial charge in [0.15, 0.2) is 14.8 Å². The average Bonchev–Trinajstić information content (AvgIpc) is 1.79. The van der Waals surface area contributed by atoms with Gasteiger partial charge in [0.05, 0.1) is 0 Å². The van der Waals surface area contributed by atoms with Gasteiger partial charge in [0.25, 0.3) is 0 Å². The molecule has 0 aromatic heterocycles. The Kier molecular flexibility index (Phi) is 2.67. The van der Waals surface area contributed by atoms with Gasteiger partial charge in [-0.1, -0.05) is 0 Å². The maximum atomic E-state index is 10.2. The van der Waals surface area contributed by atoms with Gasteiger partial charge >= 0.3 is 11.6 Å². The molecule has 6 N–H and O–H groups in total. The first-order valence-corrected chi connectivity index (χ1v) is 2.88. The highest BCUT2D eigenvalue weighted by atomic mass is 16.7. The van der Waals surface area contributed by atoms with Gasteiger partial charge in [0.1, 0.15) is 0 Å². The fourth-order valence-electron chi connectivity index (χ4n) is 0.674. The molecule has 0 spiro atoms. The van der Waals surface area contributed by atoms with E-state index in [1.54, 1.807) is 0 Å². The maximum absolute atomic E-state index is 10.2. The smallest absolute Gasteiger partial charge is 0.281 e. The lowest BCUT2D eigenvalue weighted by atomic mass is 10.2. The first-order valence-electron chi connectivity index (χ1n) is 2.88. The molecule has 12 nitrogen and oxygen atoms in total. The molecule has 0 radical (unpaired) electrons. The zero-order chi connectivity index (χ0) is 11.7. The Balaban J connectivity index is 5.78. The number of hydrogen-bond donors (Lipinski definition) is 3. The predicted molar refractivity (Wildman–Crippen MR) is 39.0 cm³/mol. The summed E-state index contributed by atoms with van der Waals surface area (Å²) in [6.45, 7) is 0. The lowest BCUT2D eigenvalue weighted by Crippen LogP contribution is -2.81. The molecule has 14 heavy (non-hydrogen) atoms. The Morgan fingerprint density at radius 1 is 0.786 bits per heavy atom. The van der Waals surface area contributed by atoms with Crippen molar-refractivity contribution < 1.29 is 14.8 Å². The first-order chi connectivity index (χ1) is 6.08. The van der Waals surface area contributed by atoms with Crippen LogP contribution >= 0.6 is 0 Å². The summed E-state index contributed by atoms with van der Waals surface area (Å²) in [6, 6.07) is 0. The van der Waals surface area contributed by atoms with Crippen LogP contribution in [-0.4, -0.2) is 26.3 Å². The van der Waals surface area contributed by atoms with E-state index >= 15 is 0 Å². The molecule has 12 heteroatoms. The van der Waals surface area contributed by atoms with Gasteiger partial charge in [-0.25, -0.2) is 0 Å². The molecular formula is C2H6N6O6. The van der Waals surface area contributed by atoms with E-state index in [-0.39, 0.29) is 0 Å². The van der Waals surface area contributed by atoms with Gasteiger partial charge in [-0.05, 0) is 0 Å². The zero-order valence-corrected chi connectivity index (χ0v) is 6.52. The van der Waals surface area contributed by atoms with Crippen molar-refractivity contribution in [2.24, 2.45) is 17.2 Å². The molecule has 0 saturated carbocycles. The molecule has 0 saturated heterocycles. The van der Waals surface area contributed by atoms with Crippen LogP contribution in [0.3, 0.4) is 0 Å². The Bertz CT molecular complexity index is 255. The van der Waals surface area contributed by atoms with Crippen LogP contribution in [0.4, 0.5) is 0 Å². The highest BCUT2D eigenvalue weighted by molar-refractivity contribution is 4.78. The van der Waals surface area contributed by atoms with Crippen molar-refractivity contribution in [3.05, 3.63) is 30.3 Å². The molecule has 0 aliphatic rings. The van der Waals surface area contributed by atoms with Crippen molar-refractivity contribution in [1.29, 1.82) is 0 Å². The van der Waals surface area contributed by atoms with E-state index < -0.39 is 26.3 Å². The summed E-state index contributed by atoms with van der Waals surface area (Å²) in [5.41, 5.74) is 13.9. The third kappa shape index (κ3) is 1.32. The summed E-state index contributed by atoms with van der Waals surface area (Å²) in [4.78, 5) is 25.1. The van der Waals surface area contributed by atoms with Crippen molar-refractivity contribution in [3.63, 3.8) is 0 Å². The van der Waals surface area contributed by atoms with Crippen LogP contribution in [0.25, 0.3) is 0 Å². The summed E-state index contributed by atoms with van der Waals surface area (Å²) in [7, 11) is 0. The van der Waals surface area contributed by atoms with Gasteiger partial charge in [0.2, 0.25) is 0 Å². The van der Waals surface area contributed by atoms with Gasteiger partial charge in [-0.15, -0.1) is 0 Å². The highest BCUT2D eigenvalue weighted by Crippen LogP contribution is 2.17. The highest BCUT2D eigenvalue weighted by Gasteiger charge is 2.82. The van der Waals surface area contributed by atoms with E-state index in [1.165, 1.54) is 0 Å². The Morgan fingerprint density at radius 3 is 1.00 bits per heavy atom. The molecule has 0 atom stereocenters. The topological polar surface area (TPSA) is 207 Å². The van der Waals surface area contributed by atoms with Crippen LogP contribution in [0.2, 0.25) is 0 Å². The molecule has 0 aliphatic heterocycles. The van der Waals surface area contributed by atoms with Crippen molar-refractivity contribution >= 4 is 0 Å². The molecule has 80 valence electrons. The van der Waals surface area contributed by atoms with Gasteiger partial charge < -0.3 is 0 Å². The largest absolute Gasteiger partial charge is 0.745 e. The van der Waals surface area contributed by atoms with E-state index in [1.807, 2.05) is 0 Å². The number of rotatable bonds is 4. The minimum absolute atomic E-state index is 1.85. The van der Waals surface area contributed by atoms with Crippen molar-refractivity contribution in [3.8, 4) is 0 Å². The zero-order valence-electron chi connectivity index (χ0n) is 6.52. The molecule has 0 rings (SSSR count). The predicted octanol–water partition coefficient (Wildman–Crippen LogP) is -3.00. The number of nitrogens with two attached hydrogens (primary N) is 3. The van der Waals surface area contributed by atoms with Crippen LogP contribution in [0, 0.1) is 30.3 Å². The third-order valence-corrected chi connectivity index (χ3v) is 1.34. The standard InChI is InChI=1S/C2H6N6O6/c3-1(4,5)2(6(9)10,7(11)12)8(13)14/h3-5H2. The van der Waals surface area contributed by atoms with E-state index in [2.05, 4.69) is 17.2 Å². The molecule has 0 aromatic rings. The van der Waals surface area contributed by atoms with Gasteiger partial charge in [0, 0.05) is 0 Å². The van der Waals surface area contributed by atoms with Gasteiger partial charge in [-0.3, -0.25) is 47.5 Å². The molecule has 0 aliphatic carbocycles. The monoisotopic (exact) mass is 210 g/mol. The van der Waals surface area contributed by atoms with Crippen molar-refractivity contribution in [2.75, 3.05) is 0 Å². The molecule has 0 bridgehead atoms. The lowest BCUT2D eigenvalue weighted by Gasteiger charge is -2.19. The molecule has 0 aromatic carbocycles. The van der Waals surface area contributed by atoms with Crippen LogP contribution < -0.4 is 17.2 Å². The molecular weight excluding hydrogens is 204 g/mol. The van der Waals surface area contributed by atoms with E-state index in [9.17, 15) is 30.3 Å². The van der Waals surface area contributed by atoms with Crippen LogP contribution in [0.1, 0.15) is 0 Å². The first kappa shape index (κ1) is 12.1. The second kappa shape index (κ2) is 3.09. The summed E-state index contributed by atoms with van der Waals surface area (Å²) < 4.78 is 0. The van der Waals surface area contributed by atoms with E-state index in [0.717, 1.165) is 0 Å². The van der Waals surface area contributed by atoms with Crippen molar-refractivity contribution in [2.45, 2.75) is 11.6 Å². The summed E-state index contributed by atoms with van der Waals surface area (Å²) in [5.74, 6) is -7.28. The Labute approximate surface area is 75.1 Å². The fraction of sp³-hybridized carbons (Fsp3) is 1.00. The summed E-state index contributed by atoms with van der Waals surface area (Å²) in [6.07, 6.45) is 0. The molecule has 0 amide bonds. The number of hydrogen-bond acceptors (Lipinski definition) is 9. The van der Waals surface area contributed by atoms with E-state index in [0.29, 0.717) is 0 Å². The van der Waals surface area contributed by atoms with Gasteiger partial charge in [-0.2, -0.15) is 0 Å². The lowest BCUT2D eigenvalue weighted by molar-refractivity contribution is -0.978. The summed E-state index contributed by atoms with van der Waals surface area (Å²) in [5, 5.41) is 30.7. The SMILES string of the molecule is NC(N)(N)C([N+](=O)[O-])([N+](=O)[O-])[N+](=O)[O-]. The minimum atomic E-state index is -4.06. The summed E-state index contributed by atoms with van der Waals surface area (Å²) >= 11 is 0. The second-order valence-electron chi connectivity index (χ2n) is 2.34. The van der Waals surface area contributed by atoms with E-state index in [4.69, 9.17) is 0 Å². The average molecular weight is 210 g/mol. The van der Waals surface area contributed by atoms with Crippen LogP contribution in [0.15, 0.2) is 0 Å². The normalized spacial score (nSPS) is 12.2.